The second kappa shape index (κ2) is 6.26. The standard InChI is InChI=1S/C17H10BrN3O3/c18-11-3-6-13-14(7-11)17(24)21(16(13)23)9-15(22)20-12-4-1-10(8-19)2-5-12/h1-7H,9H2,(H,20,22). The predicted molar refractivity (Wildman–Crippen MR) is 89.3 cm³/mol. The lowest BCUT2D eigenvalue weighted by Crippen LogP contribution is -2.37. The van der Waals surface area contributed by atoms with Crippen LogP contribution in [0.4, 0.5) is 5.69 Å². The second-order valence-corrected chi connectivity index (χ2v) is 6.04. The van der Waals surface area contributed by atoms with Gasteiger partial charge < -0.3 is 5.32 Å². The lowest BCUT2D eigenvalue weighted by atomic mass is 10.1. The summed E-state index contributed by atoms with van der Waals surface area (Å²) in [6.07, 6.45) is 0. The summed E-state index contributed by atoms with van der Waals surface area (Å²) in [6.45, 7) is -0.371. The summed E-state index contributed by atoms with van der Waals surface area (Å²) in [5, 5.41) is 11.3. The highest BCUT2D eigenvalue weighted by Gasteiger charge is 2.36. The smallest absolute Gasteiger partial charge is 0.262 e. The molecule has 0 atom stereocenters. The van der Waals surface area contributed by atoms with Crippen LogP contribution in [0.25, 0.3) is 0 Å². The number of anilines is 1. The van der Waals surface area contributed by atoms with Gasteiger partial charge in [0.15, 0.2) is 0 Å². The molecule has 1 aliphatic rings. The molecule has 24 heavy (non-hydrogen) atoms. The van der Waals surface area contributed by atoms with Gasteiger partial charge in [-0.15, -0.1) is 0 Å². The van der Waals surface area contributed by atoms with E-state index >= 15 is 0 Å². The molecule has 0 unspecified atom stereocenters. The van der Waals surface area contributed by atoms with Crippen LogP contribution in [-0.2, 0) is 4.79 Å². The summed E-state index contributed by atoms with van der Waals surface area (Å²) >= 11 is 3.25. The fourth-order valence-corrected chi connectivity index (χ4v) is 2.74. The molecular formula is C17H10BrN3O3. The number of fused-ring (bicyclic) bond motifs is 1. The Hall–Kier alpha value is -2.98. The first-order valence-electron chi connectivity index (χ1n) is 6.95. The third-order valence-corrected chi connectivity index (χ3v) is 4.03. The maximum absolute atomic E-state index is 12.3. The largest absolute Gasteiger partial charge is 0.325 e. The van der Waals surface area contributed by atoms with Gasteiger partial charge in [-0.05, 0) is 42.5 Å². The van der Waals surface area contributed by atoms with Crippen molar-refractivity contribution in [3.63, 3.8) is 0 Å². The zero-order valence-corrected chi connectivity index (χ0v) is 13.8. The molecule has 0 bridgehead atoms. The van der Waals surface area contributed by atoms with Crippen LogP contribution in [0.2, 0.25) is 0 Å². The average molecular weight is 384 g/mol. The number of carbonyl (C=O) groups is 3. The number of amides is 3. The third kappa shape index (κ3) is 2.92. The summed E-state index contributed by atoms with van der Waals surface area (Å²) in [5.41, 5.74) is 1.52. The Kier molecular flexibility index (Phi) is 4.15. The van der Waals surface area contributed by atoms with Crippen molar-refractivity contribution in [1.29, 1.82) is 5.26 Å². The number of nitrogens with one attached hydrogen (secondary N) is 1. The zero-order valence-electron chi connectivity index (χ0n) is 12.2. The molecule has 0 aromatic heterocycles. The number of hydrogen-bond donors (Lipinski definition) is 1. The molecule has 0 fully saturated rings. The summed E-state index contributed by atoms with van der Waals surface area (Å²) in [4.78, 5) is 37.6. The summed E-state index contributed by atoms with van der Waals surface area (Å²) in [6, 6.07) is 13.1. The minimum Gasteiger partial charge on any atom is -0.325 e. The van der Waals surface area contributed by atoms with Crippen molar-refractivity contribution in [3.05, 3.63) is 63.6 Å². The van der Waals surface area contributed by atoms with Gasteiger partial charge >= 0.3 is 0 Å². The van der Waals surface area contributed by atoms with E-state index in [1.165, 1.54) is 0 Å². The monoisotopic (exact) mass is 383 g/mol. The molecule has 2 aromatic carbocycles. The van der Waals surface area contributed by atoms with E-state index in [2.05, 4.69) is 21.2 Å². The van der Waals surface area contributed by atoms with Gasteiger partial charge in [0.2, 0.25) is 5.91 Å². The Morgan fingerprint density at radius 2 is 1.75 bits per heavy atom. The van der Waals surface area contributed by atoms with Crippen LogP contribution in [0, 0.1) is 11.3 Å². The van der Waals surface area contributed by atoms with E-state index < -0.39 is 17.7 Å². The van der Waals surface area contributed by atoms with Gasteiger partial charge in [0, 0.05) is 10.2 Å². The molecule has 2 aromatic rings. The maximum Gasteiger partial charge on any atom is 0.262 e. The van der Waals surface area contributed by atoms with Gasteiger partial charge in [0.25, 0.3) is 11.8 Å². The highest BCUT2D eigenvalue weighted by Crippen LogP contribution is 2.25. The van der Waals surface area contributed by atoms with E-state index in [4.69, 9.17) is 5.26 Å². The van der Waals surface area contributed by atoms with Gasteiger partial charge in [-0.3, -0.25) is 19.3 Å². The van der Waals surface area contributed by atoms with Crippen molar-refractivity contribution in [3.8, 4) is 6.07 Å². The lowest BCUT2D eigenvalue weighted by Gasteiger charge is -2.13. The number of halogens is 1. The number of nitriles is 1. The van der Waals surface area contributed by atoms with Crippen LogP contribution >= 0.6 is 15.9 Å². The minimum absolute atomic E-state index is 0.278. The van der Waals surface area contributed by atoms with E-state index in [9.17, 15) is 14.4 Å². The Morgan fingerprint density at radius 1 is 1.08 bits per heavy atom. The summed E-state index contributed by atoms with van der Waals surface area (Å²) < 4.78 is 0.686. The van der Waals surface area contributed by atoms with Gasteiger partial charge in [-0.1, -0.05) is 15.9 Å². The van der Waals surface area contributed by atoms with Crippen molar-refractivity contribution in [1.82, 2.24) is 4.90 Å². The SMILES string of the molecule is N#Cc1ccc(NC(=O)CN2C(=O)c3ccc(Br)cc3C2=O)cc1. The van der Waals surface area contributed by atoms with Crippen LogP contribution in [0.15, 0.2) is 46.9 Å². The Labute approximate surface area is 145 Å². The van der Waals surface area contributed by atoms with E-state index in [0.717, 1.165) is 4.90 Å². The van der Waals surface area contributed by atoms with Gasteiger partial charge in [0.05, 0.1) is 22.8 Å². The first kappa shape index (κ1) is 15.9. The van der Waals surface area contributed by atoms with E-state index in [1.807, 2.05) is 6.07 Å². The number of nitrogens with zero attached hydrogens (tertiary/aromatic N) is 2. The molecular weight excluding hydrogens is 374 g/mol. The van der Waals surface area contributed by atoms with E-state index in [0.29, 0.717) is 15.7 Å². The summed E-state index contributed by atoms with van der Waals surface area (Å²) in [5.74, 6) is -1.47. The molecule has 6 nitrogen and oxygen atoms in total. The maximum atomic E-state index is 12.3. The van der Waals surface area contributed by atoms with Crippen LogP contribution in [0.3, 0.4) is 0 Å². The minimum atomic E-state index is -0.494. The molecule has 7 heteroatoms. The van der Waals surface area contributed by atoms with Crippen molar-refractivity contribution in [2.45, 2.75) is 0 Å². The number of rotatable bonds is 3. The molecule has 1 heterocycles. The first-order chi connectivity index (χ1) is 11.5. The van der Waals surface area contributed by atoms with Crippen LogP contribution < -0.4 is 5.32 Å². The molecule has 3 amide bonds. The van der Waals surface area contributed by atoms with Crippen molar-refractivity contribution in [2.24, 2.45) is 0 Å². The number of carbonyl (C=O) groups excluding carboxylic acids is 3. The topological polar surface area (TPSA) is 90.3 Å². The zero-order chi connectivity index (χ0) is 17.3. The molecule has 0 radical (unpaired) electrons. The second-order valence-electron chi connectivity index (χ2n) is 5.12. The third-order valence-electron chi connectivity index (χ3n) is 3.53. The Balaban J connectivity index is 1.72. The van der Waals surface area contributed by atoms with Crippen molar-refractivity contribution >= 4 is 39.3 Å². The predicted octanol–water partition coefficient (Wildman–Crippen LogP) is 2.56. The fraction of sp³-hybridized carbons (Fsp3) is 0.0588. The number of hydrogen-bond acceptors (Lipinski definition) is 4. The fourth-order valence-electron chi connectivity index (χ4n) is 2.38. The van der Waals surface area contributed by atoms with Gasteiger partial charge in [-0.25, -0.2) is 0 Å². The number of benzene rings is 2. The van der Waals surface area contributed by atoms with Gasteiger partial charge in [0.1, 0.15) is 6.54 Å². The molecule has 0 aliphatic carbocycles. The van der Waals surface area contributed by atoms with Crippen LogP contribution in [0.5, 0.6) is 0 Å². The molecule has 0 spiro atoms. The van der Waals surface area contributed by atoms with E-state index in [1.54, 1.807) is 42.5 Å². The summed E-state index contributed by atoms with van der Waals surface area (Å²) in [7, 11) is 0. The van der Waals surface area contributed by atoms with Crippen LogP contribution in [-0.4, -0.2) is 29.2 Å². The average Bonchev–Trinajstić information content (AvgIpc) is 2.80. The molecule has 0 saturated heterocycles. The molecule has 1 N–H and O–H groups in total. The number of imide groups is 1. The van der Waals surface area contributed by atoms with Crippen molar-refractivity contribution in [2.75, 3.05) is 11.9 Å². The quantitative estimate of drug-likeness (QED) is 0.824. The van der Waals surface area contributed by atoms with Crippen molar-refractivity contribution < 1.29 is 14.4 Å². The molecule has 3 rings (SSSR count). The van der Waals surface area contributed by atoms with E-state index in [-0.39, 0.29) is 17.7 Å². The Bertz CT molecular complexity index is 900. The molecule has 1 aliphatic heterocycles. The van der Waals surface area contributed by atoms with Gasteiger partial charge in [-0.2, -0.15) is 5.26 Å². The highest BCUT2D eigenvalue weighted by molar-refractivity contribution is 9.10. The first-order valence-corrected chi connectivity index (χ1v) is 7.74. The van der Waals surface area contributed by atoms with Crippen LogP contribution in [0.1, 0.15) is 26.3 Å². The lowest BCUT2D eigenvalue weighted by molar-refractivity contribution is -0.116. The normalized spacial score (nSPS) is 12.8. The molecule has 118 valence electrons. The molecule has 0 saturated carbocycles. The Morgan fingerprint density at radius 3 is 2.42 bits per heavy atom. The highest BCUT2D eigenvalue weighted by atomic mass is 79.9.